The van der Waals surface area contributed by atoms with Crippen LogP contribution in [0.25, 0.3) is 11.7 Å². The van der Waals surface area contributed by atoms with Gasteiger partial charge in [0.1, 0.15) is 0 Å². The Balaban J connectivity index is 1.51. The standard InChI is InChI=1S/C18H17N3O2/c1-2-6-12-11(5-1)9-10-13(12)17-19-18(23-21-17)16-14-7-3-4-8-15(14)20-22-16/h1-2,5-6,13H,3-4,7-10H2. The molecule has 0 bridgehead atoms. The highest BCUT2D eigenvalue weighted by atomic mass is 16.5. The summed E-state index contributed by atoms with van der Waals surface area (Å²) in [5, 5.41) is 8.40. The zero-order valence-corrected chi connectivity index (χ0v) is 12.8. The third-order valence-electron chi connectivity index (χ3n) is 5.04. The molecule has 0 radical (unpaired) electrons. The van der Waals surface area contributed by atoms with E-state index < -0.39 is 0 Å². The summed E-state index contributed by atoms with van der Waals surface area (Å²) in [6.45, 7) is 0. The van der Waals surface area contributed by atoms with Gasteiger partial charge >= 0.3 is 0 Å². The van der Waals surface area contributed by atoms with Crippen LogP contribution in [0.5, 0.6) is 0 Å². The first-order chi connectivity index (χ1) is 11.4. The Bertz CT molecular complexity index is 865. The third-order valence-corrected chi connectivity index (χ3v) is 5.04. The maximum Gasteiger partial charge on any atom is 0.296 e. The Kier molecular flexibility index (Phi) is 2.86. The average Bonchev–Trinajstić information content (AvgIpc) is 3.31. The Morgan fingerprint density at radius 3 is 2.87 bits per heavy atom. The SMILES string of the molecule is c1ccc2c(c1)CCC2c1noc(-c2onc3c2CCCC3)n1. The molecule has 5 heteroatoms. The van der Waals surface area contributed by atoms with E-state index in [1.165, 1.54) is 17.5 Å². The van der Waals surface area contributed by atoms with Crippen molar-refractivity contribution in [2.24, 2.45) is 0 Å². The van der Waals surface area contributed by atoms with Crippen LogP contribution in [0.3, 0.4) is 0 Å². The van der Waals surface area contributed by atoms with E-state index in [4.69, 9.17) is 9.05 Å². The Morgan fingerprint density at radius 2 is 1.87 bits per heavy atom. The van der Waals surface area contributed by atoms with Gasteiger partial charge in [0.25, 0.3) is 5.89 Å². The van der Waals surface area contributed by atoms with Gasteiger partial charge in [0, 0.05) is 11.5 Å². The molecule has 0 aliphatic heterocycles. The topological polar surface area (TPSA) is 65.0 Å². The molecular formula is C18H17N3O2. The molecule has 0 N–H and O–H groups in total. The van der Waals surface area contributed by atoms with Crippen LogP contribution in [0.4, 0.5) is 0 Å². The van der Waals surface area contributed by atoms with Gasteiger partial charge in [-0.15, -0.1) is 0 Å². The highest BCUT2D eigenvalue weighted by Crippen LogP contribution is 2.38. The molecule has 2 heterocycles. The fraction of sp³-hybridized carbons (Fsp3) is 0.389. The van der Waals surface area contributed by atoms with Gasteiger partial charge < -0.3 is 9.05 Å². The summed E-state index contributed by atoms with van der Waals surface area (Å²) in [5.74, 6) is 2.12. The predicted octanol–water partition coefficient (Wildman–Crippen LogP) is 3.68. The minimum absolute atomic E-state index is 0.224. The van der Waals surface area contributed by atoms with Gasteiger partial charge in [-0.25, -0.2) is 0 Å². The lowest BCUT2D eigenvalue weighted by Crippen LogP contribution is -2.01. The molecule has 5 rings (SSSR count). The van der Waals surface area contributed by atoms with E-state index in [1.807, 2.05) is 0 Å². The maximum atomic E-state index is 5.51. The molecule has 2 aliphatic carbocycles. The molecule has 1 atom stereocenters. The lowest BCUT2D eigenvalue weighted by Gasteiger charge is -2.07. The van der Waals surface area contributed by atoms with Crippen molar-refractivity contribution >= 4 is 0 Å². The number of benzene rings is 1. The van der Waals surface area contributed by atoms with Crippen molar-refractivity contribution in [3.8, 4) is 11.7 Å². The average molecular weight is 307 g/mol. The van der Waals surface area contributed by atoms with Gasteiger partial charge in [-0.05, 0) is 49.7 Å². The second kappa shape index (κ2) is 5.05. The van der Waals surface area contributed by atoms with Crippen LogP contribution in [0.1, 0.15) is 53.4 Å². The predicted molar refractivity (Wildman–Crippen MR) is 83.0 cm³/mol. The zero-order chi connectivity index (χ0) is 15.2. The molecule has 0 fully saturated rings. The summed E-state index contributed by atoms with van der Waals surface area (Å²) in [7, 11) is 0. The molecule has 3 aromatic rings. The quantitative estimate of drug-likeness (QED) is 0.722. The number of rotatable bonds is 2. The van der Waals surface area contributed by atoms with Crippen LogP contribution < -0.4 is 0 Å². The molecule has 2 aromatic heterocycles. The first-order valence-corrected chi connectivity index (χ1v) is 8.29. The first kappa shape index (κ1) is 13.0. The minimum atomic E-state index is 0.224. The van der Waals surface area contributed by atoms with E-state index in [9.17, 15) is 0 Å². The van der Waals surface area contributed by atoms with Crippen molar-refractivity contribution < 1.29 is 9.05 Å². The van der Waals surface area contributed by atoms with Crippen molar-refractivity contribution in [2.45, 2.75) is 44.4 Å². The van der Waals surface area contributed by atoms with Crippen LogP contribution in [0.15, 0.2) is 33.3 Å². The molecule has 0 spiro atoms. The molecule has 2 aliphatic rings. The van der Waals surface area contributed by atoms with Crippen LogP contribution in [-0.2, 0) is 19.3 Å². The van der Waals surface area contributed by atoms with Gasteiger partial charge in [0.2, 0.25) is 5.76 Å². The Morgan fingerprint density at radius 1 is 0.957 bits per heavy atom. The van der Waals surface area contributed by atoms with Crippen molar-refractivity contribution in [2.75, 3.05) is 0 Å². The third kappa shape index (κ3) is 2.03. The van der Waals surface area contributed by atoms with Crippen molar-refractivity contribution in [3.05, 3.63) is 52.5 Å². The highest BCUT2D eigenvalue weighted by molar-refractivity contribution is 5.53. The zero-order valence-electron chi connectivity index (χ0n) is 12.8. The smallest absolute Gasteiger partial charge is 0.296 e. The van der Waals surface area contributed by atoms with E-state index in [0.717, 1.165) is 49.2 Å². The van der Waals surface area contributed by atoms with Crippen LogP contribution in [-0.4, -0.2) is 15.3 Å². The van der Waals surface area contributed by atoms with Crippen molar-refractivity contribution in [1.29, 1.82) is 0 Å². The van der Waals surface area contributed by atoms with Crippen LogP contribution >= 0.6 is 0 Å². The second-order valence-corrected chi connectivity index (χ2v) is 6.39. The lowest BCUT2D eigenvalue weighted by molar-refractivity contribution is 0.377. The summed E-state index contributed by atoms with van der Waals surface area (Å²) < 4.78 is 11.0. The van der Waals surface area contributed by atoms with E-state index in [-0.39, 0.29) is 5.92 Å². The molecule has 0 saturated carbocycles. The molecule has 5 nitrogen and oxygen atoms in total. The number of nitrogens with zero attached hydrogens (tertiary/aromatic N) is 3. The Labute approximate surface area is 133 Å². The van der Waals surface area contributed by atoms with Gasteiger partial charge in [-0.1, -0.05) is 34.6 Å². The molecule has 1 aromatic carbocycles. The molecule has 1 unspecified atom stereocenters. The van der Waals surface area contributed by atoms with Gasteiger partial charge in [0.05, 0.1) is 5.69 Å². The van der Waals surface area contributed by atoms with Crippen molar-refractivity contribution in [1.82, 2.24) is 15.3 Å². The van der Waals surface area contributed by atoms with Gasteiger partial charge in [-0.3, -0.25) is 0 Å². The van der Waals surface area contributed by atoms with Crippen molar-refractivity contribution in [3.63, 3.8) is 0 Å². The van der Waals surface area contributed by atoms with E-state index in [0.29, 0.717) is 11.7 Å². The number of hydrogen-bond donors (Lipinski definition) is 0. The second-order valence-electron chi connectivity index (χ2n) is 6.39. The molecule has 116 valence electrons. The highest BCUT2D eigenvalue weighted by Gasteiger charge is 2.30. The normalized spacial score (nSPS) is 19.6. The maximum absolute atomic E-state index is 5.51. The van der Waals surface area contributed by atoms with Crippen LogP contribution in [0, 0.1) is 0 Å². The Hall–Kier alpha value is -2.43. The number of fused-ring (bicyclic) bond motifs is 2. The summed E-state index contributed by atoms with van der Waals surface area (Å²) in [5.41, 5.74) is 4.91. The number of aryl methyl sites for hydroxylation is 2. The monoisotopic (exact) mass is 307 g/mol. The summed E-state index contributed by atoms with van der Waals surface area (Å²) in [4.78, 5) is 4.63. The number of hydrogen-bond acceptors (Lipinski definition) is 5. The van der Waals surface area contributed by atoms with E-state index in [2.05, 4.69) is 39.6 Å². The molecule has 0 amide bonds. The minimum Gasteiger partial charge on any atom is -0.350 e. The van der Waals surface area contributed by atoms with Gasteiger partial charge in [0.15, 0.2) is 5.82 Å². The summed E-state index contributed by atoms with van der Waals surface area (Å²) >= 11 is 0. The lowest BCUT2D eigenvalue weighted by atomic mass is 9.96. The summed E-state index contributed by atoms with van der Waals surface area (Å²) in [6.07, 6.45) is 6.41. The van der Waals surface area contributed by atoms with E-state index >= 15 is 0 Å². The fourth-order valence-corrected chi connectivity index (χ4v) is 3.85. The molecule has 23 heavy (non-hydrogen) atoms. The fourth-order valence-electron chi connectivity index (χ4n) is 3.85. The van der Waals surface area contributed by atoms with Gasteiger partial charge in [-0.2, -0.15) is 4.98 Å². The van der Waals surface area contributed by atoms with Crippen LogP contribution in [0.2, 0.25) is 0 Å². The largest absolute Gasteiger partial charge is 0.350 e. The molecule has 0 saturated heterocycles. The van der Waals surface area contributed by atoms with E-state index in [1.54, 1.807) is 0 Å². The summed E-state index contributed by atoms with van der Waals surface area (Å²) in [6, 6.07) is 8.51. The molecular weight excluding hydrogens is 290 g/mol. The first-order valence-electron chi connectivity index (χ1n) is 8.29. The number of aromatic nitrogens is 3.